The molecule has 1 saturated carbocycles. The Kier molecular flexibility index (Phi) is 2.68. The Balaban J connectivity index is 1.99. The number of pyridine rings is 1. The molecule has 2 heterocycles. The number of H-pyrrole nitrogens is 1. The summed E-state index contributed by atoms with van der Waals surface area (Å²) >= 11 is 0. The van der Waals surface area contributed by atoms with E-state index in [9.17, 15) is 4.79 Å². The van der Waals surface area contributed by atoms with Crippen LogP contribution in [0.15, 0.2) is 41.3 Å². The number of aromatic amines is 1. The van der Waals surface area contributed by atoms with Crippen LogP contribution in [0, 0.1) is 0 Å². The van der Waals surface area contributed by atoms with Crippen molar-refractivity contribution in [3.63, 3.8) is 0 Å². The second-order valence-corrected chi connectivity index (χ2v) is 5.51. The van der Waals surface area contributed by atoms with Crippen LogP contribution in [-0.4, -0.2) is 14.5 Å². The van der Waals surface area contributed by atoms with Crippen molar-refractivity contribution in [2.45, 2.75) is 25.4 Å². The average molecular weight is 280 g/mol. The van der Waals surface area contributed by atoms with Crippen molar-refractivity contribution in [3.8, 4) is 11.4 Å². The molecule has 0 bridgehead atoms. The molecule has 0 amide bonds. The summed E-state index contributed by atoms with van der Waals surface area (Å²) in [7, 11) is 0. The maximum Gasteiger partial charge on any atom is 0.248 e. The topological polar surface area (TPSA) is 76.7 Å². The Labute approximate surface area is 121 Å². The lowest BCUT2D eigenvalue weighted by Gasteiger charge is -2.07. The van der Waals surface area contributed by atoms with Gasteiger partial charge in [0.2, 0.25) is 5.56 Å². The van der Waals surface area contributed by atoms with Crippen molar-refractivity contribution in [2.24, 2.45) is 5.73 Å². The summed E-state index contributed by atoms with van der Waals surface area (Å²) in [6.45, 7) is 0.507. The number of nitrogens with zero attached hydrogens (tertiary/aromatic N) is 2. The summed E-state index contributed by atoms with van der Waals surface area (Å²) in [6.07, 6.45) is 4.00. The minimum absolute atomic E-state index is 0.107. The van der Waals surface area contributed by atoms with Gasteiger partial charge in [0.1, 0.15) is 5.82 Å². The zero-order valence-electron chi connectivity index (χ0n) is 11.5. The molecular weight excluding hydrogens is 264 g/mol. The quantitative estimate of drug-likeness (QED) is 0.772. The normalized spacial score (nSPS) is 14.7. The van der Waals surface area contributed by atoms with Crippen LogP contribution in [0.3, 0.4) is 0 Å². The molecule has 1 fully saturated rings. The lowest BCUT2D eigenvalue weighted by molar-refractivity contribution is 0.775. The van der Waals surface area contributed by atoms with E-state index in [0.29, 0.717) is 12.6 Å². The number of nitrogens with one attached hydrogen (secondary N) is 1. The van der Waals surface area contributed by atoms with Crippen LogP contribution in [0.1, 0.15) is 24.4 Å². The number of nitrogens with two attached hydrogens (primary N) is 1. The molecule has 0 unspecified atom stereocenters. The molecule has 21 heavy (non-hydrogen) atoms. The summed E-state index contributed by atoms with van der Waals surface area (Å²) in [5.41, 5.74) is 9.59. The Morgan fingerprint density at radius 1 is 1.29 bits per heavy atom. The van der Waals surface area contributed by atoms with Gasteiger partial charge in [-0.2, -0.15) is 0 Å². The van der Waals surface area contributed by atoms with Gasteiger partial charge in [-0.15, -0.1) is 0 Å². The fraction of sp³-hybridized carbons (Fsp3) is 0.250. The lowest BCUT2D eigenvalue weighted by Crippen LogP contribution is -2.05. The van der Waals surface area contributed by atoms with Gasteiger partial charge >= 0.3 is 0 Å². The van der Waals surface area contributed by atoms with E-state index < -0.39 is 0 Å². The molecule has 0 atom stereocenters. The highest BCUT2D eigenvalue weighted by atomic mass is 16.1. The van der Waals surface area contributed by atoms with Gasteiger partial charge in [-0.25, -0.2) is 4.98 Å². The molecule has 5 nitrogen and oxygen atoms in total. The molecule has 1 aliphatic carbocycles. The number of fused-ring (bicyclic) bond motifs is 1. The van der Waals surface area contributed by atoms with Crippen molar-refractivity contribution >= 4 is 11.0 Å². The fourth-order valence-corrected chi connectivity index (χ4v) is 2.76. The maximum atomic E-state index is 11.6. The van der Waals surface area contributed by atoms with Crippen LogP contribution in [0.4, 0.5) is 0 Å². The molecule has 2 aromatic heterocycles. The Morgan fingerprint density at radius 2 is 2.14 bits per heavy atom. The summed E-state index contributed by atoms with van der Waals surface area (Å²) < 4.78 is 2.25. The van der Waals surface area contributed by atoms with Crippen molar-refractivity contribution in [1.29, 1.82) is 0 Å². The van der Waals surface area contributed by atoms with Crippen LogP contribution in [0.5, 0.6) is 0 Å². The minimum Gasteiger partial charge on any atom is -0.329 e. The van der Waals surface area contributed by atoms with E-state index in [1.165, 1.54) is 12.8 Å². The third kappa shape index (κ3) is 2.06. The number of rotatable bonds is 3. The van der Waals surface area contributed by atoms with Crippen molar-refractivity contribution in [3.05, 3.63) is 52.4 Å². The van der Waals surface area contributed by atoms with Crippen LogP contribution < -0.4 is 11.3 Å². The number of hydrogen-bond acceptors (Lipinski definition) is 3. The fourth-order valence-electron chi connectivity index (χ4n) is 2.76. The second-order valence-electron chi connectivity index (χ2n) is 5.51. The third-order valence-corrected chi connectivity index (χ3v) is 3.93. The molecule has 4 rings (SSSR count). The second kappa shape index (κ2) is 4.56. The van der Waals surface area contributed by atoms with Crippen molar-refractivity contribution in [2.75, 3.05) is 0 Å². The first-order valence-corrected chi connectivity index (χ1v) is 7.16. The van der Waals surface area contributed by atoms with Gasteiger partial charge < -0.3 is 15.3 Å². The number of aromatic nitrogens is 3. The predicted molar refractivity (Wildman–Crippen MR) is 82.0 cm³/mol. The molecular formula is C16H16N4O. The summed E-state index contributed by atoms with van der Waals surface area (Å²) in [4.78, 5) is 19.0. The predicted octanol–water partition coefficient (Wildman–Crippen LogP) is 2.19. The number of hydrogen-bond donors (Lipinski definition) is 2. The summed E-state index contributed by atoms with van der Waals surface area (Å²) in [6, 6.07) is 10.2. The van der Waals surface area contributed by atoms with Gasteiger partial charge in [0, 0.05) is 30.4 Å². The van der Waals surface area contributed by atoms with E-state index in [1.807, 2.05) is 18.2 Å². The van der Waals surface area contributed by atoms with E-state index in [4.69, 9.17) is 10.7 Å². The Morgan fingerprint density at radius 3 is 2.86 bits per heavy atom. The zero-order chi connectivity index (χ0) is 14.4. The summed E-state index contributed by atoms with van der Waals surface area (Å²) in [5, 5.41) is 0. The molecule has 3 N–H and O–H groups in total. The lowest BCUT2D eigenvalue weighted by atomic mass is 10.2. The van der Waals surface area contributed by atoms with Gasteiger partial charge in [0.05, 0.1) is 11.0 Å². The standard InChI is InChI=1S/C16H16N4O/c17-9-10-1-4-14-13(7-10)19-16(20(14)12-2-3-12)11-5-6-18-15(21)8-11/h1,4-8,12H,2-3,9,17H2,(H,18,21). The van der Waals surface area contributed by atoms with E-state index in [0.717, 1.165) is 28.0 Å². The molecule has 106 valence electrons. The monoisotopic (exact) mass is 280 g/mol. The number of benzene rings is 1. The molecule has 0 aliphatic heterocycles. The Bertz CT molecular complexity index is 873. The first kappa shape index (κ1) is 12.3. The average Bonchev–Trinajstić information content (AvgIpc) is 3.26. The highest BCUT2D eigenvalue weighted by Crippen LogP contribution is 2.41. The first-order chi connectivity index (χ1) is 10.3. The van der Waals surface area contributed by atoms with Crippen molar-refractivity contribution in [1.82, 2.24) is 14.5 Å². The minimum atomic E-state index is -0.107. The van der Waals surface area contributed by atoms with E-state index in [2.05, 4.69) is 15.6 Å². The van der Waals surface area contributed by atoms with Gasteiger partial charge in [-0.05, 0) is 36.6 Å². The summed E-state index contributed by atoms with van der Waals surface area (Å²) in [5.74, 6) is 0.868. The molecule has 0 spiro atoms. The van der Waals surface area contributed by atoms with E-state index in [-0.39, 0.29) is 5.56 Å². The van der Waals surface area contributed by atoms with Gasteiger partial charge in [-0.1, -0.05) is 6.07 Å². The largest absolute Gasteiger partial charge is 0.329 e. The van der Waals surface area contributed by atoms with E-state index in [1.54, 1.807) is 12.3 Å². The van der Waals surface area contributed by atoms with Crippen LogP contribution in [-0.2, 0) is 6.54 Å². The highest BCUT2D eigenvalue weighted by Gasteiger charge is 2.28. The van der Waals surface area contributed by atoms with Gasteiger partial charge in [-0.3, -0.25) is 4.79 Å². The maximum absolute atomic E-state index is 11.6. The SMILES string of the molecule is NCc1ccc2c(c1)nc(-c1cc[nH]c(=O)c1)n2C1CC1. The van der Waals surface area contributed by atoms with Gasteiger partial charge in [0.25, 0.3) is 0 Å². The molecule has 1 aliphatic rings. The highest BCUT2D eigenvalue weighted by molar-refractivity contribution is 5.81. The van der Waals surface area contributed by atoms with Crippen LogP contribution >= 0.6 is 0 Å². The molecule has 3 aromatic rings. The first-order valence-electron chi connectivity index (χ1n) is 7.16. The Hall–Kier alpha value is -2.40. The third-order valence-electron chi connectivity index (χ3n) is 3.93. The van der Waals surface area contributed by atoms with E-state index >= 15 is 0 Å². The van der Waals surface area contributed by atoms with Crippen LogP contribution in [0.2, 0.25) is 0 Å². The van der Waals surface area contributed by atoms with Crippen LogP contribution in [0.25, 0.3) is 22.4 Å². The molecule has 1 aromatic carbocycles. The molecule has 0 saturated heterocycles. The van der Waals surface area contributed by atoms with Crippen molar-refractivity contribution < 1.29 is 0 Å². The smallest absolute Gasteiger partial charge is 0.248 e. The molecule has 0 radical (unpaired) electrons. The zero-order valence-corrected chi connectivity index (χ0v) is 11.5. The van der Waals surface area contributed by atoms with Gasteiger partial charge in [0.15, 0.2) is 0 Å². The number of imidazole rings is 1. The molecule has 5 heteroatoms.